The predicted molar refractivity (Wildman–Crippen MR) is 60.2 cm³/mol. The van der Waals surface area contributed by atoms with Crippen LogP contribution in [0, 0.1) is 0 Å². The number of aliphatic carboxylic acids is 3. The van der Waals surface area contributed by atoms with Crippen molar-refractivity contribution in [1.29, 1.82) is 0 Å². The van der Waals surface area contributed by atoms with E-state index in [0.29, 0.717) is 0 Å². The first-order valence-electron chi connectivity index (χ1n) is 5.54. The van der Waals surface area contributed by atoms with Gasteiger partial charge in [0.1, 0.15) is 0 Å². The molecule has 0 aliphatic carbocycles. The van der Waals surface area contributed by atoms with Crippen molar-refractivity contribution >= 4 is 17.9 Å². The minimum atomic E-state index is -1.22. The summed E-state index contributed by atoms with van der Waals surface area (Å²) in [7, 11) is 0. The van der Waals surface area contributed by atoms with Gasteiger partial charge in [0.2, 0.25) is 0 Å². The van der Waals surface area contributed by atoms with Crippen LogP contribution in [0.25, 0.3) is 0 Å². The SMILES string of the molecule is O=C(O)CCC(CCC(=O)O)(CCC(=O)O)NOO. The van der Waals surface area contributed by atoms with Crippen LogP contribution >= 0.6 is 0 Å². The standard InChI is InChI=1S/C10H17NO8/c12-7(13)1-4-10(11-19-18,5-2-8(14)15)6-3-9(16)17/h11,18H,1-6H2,(H,12,13)(H,14,15)(H,16,17). The molecule has 0 rings (SSSR count). The Bertz CT molecular complexity index is 284. The molecule has 0 aromatic carbocycles. The molecule has 0 atom stereocenters. The lowest BCUT2D eigenvalue weighted by atomic mass is 9.84. The first-order valence-corrected chi connectivity index (χ1v) is 5.54. The van der Waals surface area contributed by atoms with E-state index in [-0.39, 0.29) is 38.5 Å². The molecule has 0 saturated carbocycles. The Morgan fingerprint density at radius 2 is 1.16 bits per heavy atom. The Kier molecular flexibility index (Phi) is 7.65. The molecule has 19 heavy (non-hydrogen) atoms. The molecule has 0 aliphatic heterocycles. The van der Waals surface area contributed by atoms with Gasteiger partial charge in [0.05, 0.1) is 0 Å². The highest BCUT2D eigenvalue weighted by Gasteiger charge is 2.32. The van der Waals surface area contributed by atoms with Crippen LogP contribution in [0.3, 0.4) is 0 Å². The van der Waals surface area contributed by atoms with E-state index in [9.17, 15) is 14.4 Å². The zero-order valence-electron chi connectivity index (χ0n) is 10.2. The molecule has 0 heterocycles. The summed E-state index contributed by atoms with van der Waals surface area (Å²) in [6.07, 6.45) is -1.13. The van der Waals surface area contributed by atoms with E-state index in [0.717, 1.165) is 0 Å². The summed E-state index contributed by atoms with van der Waals surface area (Å²) in [6.45, 7) is 0. The van der Waals surface area contributed by atoms with E-state index in [1.165, 1.54) is 0 Å². The van der Waals surface area contributed by atoms with Gasteiger partial charge in [0.15, 0.2) is 0 Å². The van der Waals surface area contributed by atoms with Crippen LogP contribution < -0.4 is 5.48 Å². The van der Waals surface area contributed by atoms with E-state index in [2.05, 4.69) is 10.5 Å². The third-order valence-electron chi connectivity index (χ3n) is 2.71. The van der Waals surface area contributed by atoms with Crippen LogP contribution in [-0.2, 0) is 19.4 Å². The van der Waals surface area contributed by atoms with Crippen LogP contribution in [0.15, 0.2) is 0 Å². The van der Waals surface area contributed by atoms with Crippen molar-refractivity contribution in [3.05, 3.63) is 0 Å². The summed E-state index contributed by atoms with van der Waals surface area (Å²) in [5.41, 5.74) is 0.909. The number of hydroxylamine groups is 1. The Morgan fingerprint density at radius 1 is 0.842 bits per heavy atom. The van der Waals surface area contributed by atoms with Crippen molar-refractivity contribution in [1.82, 2.24) is 5.48 Å². The number of nitrogens with one attached hydrogen (secondary N) is 1. The van der Waals surface area contributed by atoms with Gasteiger partial charge in [-0.05, 0) is 19.3 Å². The lowest BCUT2D eigenvalue weighted by Gasteiger charge is -2.31. The third kappa shape index (κ3) is 8.08. The summed E-state index contributed by atoms with van der Waals surface area (Å²) < 4.78 is 0. The molecule has 0 aromatic heterocycles. The lowest BCUT2D eigenvalue weighted by molar-refractivity contribution is -0.312. The Hall–Kier alpha value is -1.71. The maximum Gasteiger partial charge on any atom is 0.303 e. The Morgan fingerprint density at radius 3 is 1.37 bits per heavy atom. The topological polar surface area (TPSA) is 153 Å². The zero-order valence-corrected chi connectivity index (χ0v) is 10.2. The van der Waals surface area contributed by atoms with Gasteiger partial charge in [-0.1, -0.05) is 0 Å². The molecule has 9 heteroatoms. The fourth-order valence-electron chi connectivity index (χ4n) is 1.66. The van der Waals surface area contributed by atoms with Crippen molar-refractivity contribution in [3.63, 3.8) is 0 Å². The Labute approximate surface area is 108 Å². The first-order chi connectivity index (χ1) is 8.81. The van der Waals surface area contributed by atoms with E-state index in [1.807, 2.05) is 0 Å². The molecule has 0 amide bonds. The van der Waals surface area contributed by atoms with Crippen molar-refractivity contribution in [2.75, 3.05) is 0 Å². The molecular formula is C10H17NO8. The van der Waals surface area contributed by atoms with E-state index in [1.54, 1.807) is 0 Å². The van der Waals surface area contributed by atoms with Crippen molar-refractivity contribution in [2.24, 2.45) is 0 Å². The second-order valence-corrected chi connectivity index (χ2v) is 4.15. The number of hydrogen-bond acceptors (Lipinski definition) is 6. The summed E-state index contributed by atoms with van der Waals surface area (Å²) >= 11 is 0. The maximum absolute atomic E-state index is 10.6. The predicted octanol–water partition coefficient (Wildman–Crippen LogP) is 0.314. The summed E-state index contributed by atoms with van der Waals surface area (Å²) in [4.78, 5) is 35.5. The second kappa shape index (κ2) is 8.40. The highest BCUT2D eigenvalue weighted by molar-refractivity contribution is 5.68. The number of hydrogen-bond donors (Lipinski definition) is 5. The largest absolute Gasteiger partial charge is 0.481 e. The van der Waals surface area contributed by atoms with Gasteiger partial charge in [-0.2, -0.15) is 5.48 Å². The van der Waals surface area contributed by atoms with Crippen molar-refractivity contribution in [3.8, 4) is 0 Å². The van der Waals surface area contributed by atoms with Gasteiger partial charge in [-0.25, -0.2) is 5.26 Å². The molecule has 110 valence electrons. The molecule has 0 fully saturated rings. The molecule has 0 bridgehead atoms. The average Bonchev–Trinajstić information content (AvgIpc) is 2.31. The van der Waals surface area contributed by atoms with Crippen molar-refractivity contribution in [2.45, 2.75) is 44.1 Å². The van der Waals surface area contributed by atoms with Crippen molar-refractivity contribution < 1.29 is 39.9 Å². The summed E-state index contributed by atoms with van der Waals surface area (Å²) in [6, 6.07) is 0. The number of carbonyl (C=O) groups is 3. The third-order valence-corrected chi connectivity index (χ3v) is 2.71. The smallest absolute Gasteiger partial charge is 0.303 e. The summed E-state index contributed by atoms with van der Waals surface area (Å²) in [5.74, 6) is -3.35. The fourth-order valence-corrected chi connectivity index (χ4v) is 1.66. The number of rotatable bonds is 11. The van der Waals surface area contributed by atoms with E-state index >= 15 is 0 Å². The number of carboxylic acids is 3. The van der Waals surface area contributed by atoms with Gasteiger partial charge in [-0.3, -0.25) is 14.4 Å². The fraction of sp³-hybridized carbons (Fsp3) is 0.700. The molecule has 0 spiro atoms. The van der Waals surface area contributed by atoms with Crippen LogP contribution in [-0.4, -0.2) is 44.0 Å². The minimum Gasteiger partial charge on any atom is -0.481 e. The average molecular weight is 279 g/mol. The summed E-state index contributed by atoms with van der Waals surface area (Å²) in [5, 5.41) is 34.4. The van der Waals surface area contributed by atoms with Gasteiger partial charge < -0.3 is 15.3 Å². The molecule has 0 aliphatic rings. The van der Waals surface area contributed by atoms with Crippen LogP contribution in [0.1, 0.15) is 38.5 Å². The normalized spacial score (nSPS) is 11.2. The number of carboxylic acid groups (broad SMARTS) is 3. The molecule has 0 saturated heterocycles. The van der Waals surface area contributed by atoms with Gasteiger partial charge in [0, 0.05) is 24.8 Å². The van der Waals surface area contributed by atoms with Crippen LogP contribution in [0.5, 0.6) is 0 Å². The highest BCUT2D eigenvalue weighted by atomic mass is 17.2. The lowest BCUT2D eigenvalue weighted by Crippen LogP contribution is -2.46. The Balaban J connectivity index is 4.79. The molecule has 0 aromatic rings. The van der Waals surface area contributed by atoms with E-state index in [4.69, 9.17) is 20.6 Å². The van der Waals surface area contributed by atoms with Gasteiger partial charge >= 0.3 is 17.9 Å². The molecule has 5 N–H and O–H groups in total. The van der Waals surface area contributed by atoms with Crippen LogP contribution in [0.2, 0.25) is 0 Å². The van der Waals surface area contributed by atoms with Crippen LogP contribution in [0.4, 0.5) is 0 Å². The van der Waals surface area contributed by atoms with Gasteiger partial charge in [0.25, 0.3) is 0 Å². The zero-order chi connectivity index (χ0) is 14.9. The molecule has 0 unspecified atom stereocenters. The molecule has 9 nitrogen and oxygen atoms in total. The van der Waals surface area contributed by atoms with E-state index < -0.39 is 23.4 Å². The maximum atomic E-state index is 10.6. The monoisotopic (exact) mass is 279 g/mol. The first kappa shape index (κ1) is 17.3. The minimum absolute atomic E-state index is 0.0660. The highest BCUT2D eigenvalue weighted by Crippen LogP contribution is 2.25. The van der Waals surface area contributed by atoms with Gasteiger partial charge in [-0.15, -0.1) is 4.99 Å². The second-order valence-electron chi connectivity index (χ2n) is 4.15. The molecular weight excluding hydrogens is 262 g/mol. The molecule has 0 radical (unpaired) electrons. The quantitative estimate of drug-likeness (QED) is 0.265.